The predicted molar refractivity (Wildman–Crippen MR) is 104 cm³/mol. The smallest absolute Gasteiger partial charge is 0.231 e. The van der Waals surface area contributed by atoms with E-state index in [2.05, 4.69) is 58.3 Å². The van der Waals surface area contributed by atoms with Gasteiger partial charge in [-0.05, 0) is 55.1 Å². The molecule has 0 N–H and O–H groups in total. The topological polar surface area (TPSA) is 24.9 Å². The normalized spacial score (nSPS) is 34.0. The zero-order valence-electron chi connectivity index (χ0n) is 15.6. The summed E-state index contributed by atoms with van der Waals surface area (Å²) in [5.74, 6) is 3.21. The van der Waals surface area contributed by atoms with Gasteiger partial charge < -0.3 is 9.47 Å². The predicted octanol–water partition coefficient (Wildman–Crippen LogP) is 3.48. The molecule has 0 unspecified atom stereocenters. The van der Waals surface area contributed by atoms with E-state index >= 15 is 0 Å². The van der Waals surface area contributed by atoms with Gasteiger partial charge in [0.05, 0.1) is 0 Å². The van der Waals surface area contributed by atoms with Crippen LogP contribution in [0.25, 0.3) is 0 Å². The van der Waals surface area contributed by atoms with E-state index in [1.54, 1.807) is 0 Å². The van der Waals surface area contributed by atoms with Gasteiger partial charge in [-0.25, -0.2) is 0 Å². The van der Waals surface area contributed by atoms with Crippen molar-refractivity contribution >= 4 is 0 Å². The average molecular weight is 362 g/mol. The third kappa shape index (κ3) is 2.58. The van der Waals surface area contributed by atoms with Crippen LogP contribution in [-0.4, -0.2) is 48.3 Å². The maximum absolute atomic E-state index is 5.67. The van der Waals surface area contributed by atoms with Gasteiger partial charge in [0.25, 0.3) is 0 Å². The third-order valence-electron chi connectivity index (χ3n) is 7.15. The van der Waals surface area contributed by atoms with Crippen molar-refractivity contribution in [3.8, 4) is 11.5 Å². The Morgan fingerprint density at radius 3 is 2.56 bits per heavy atom. The molecule has 3 atom stereocenters. The Bertz CT molecular complexity index is 832. The van der Waals surface area contributed by atoms with Gasteiger partial charge >= 0.3 is 0 Å². The molecule has 4 nitrogen and oxygen atoms in total. The molecule has 7 rings (SSSR count). The summed E-state index contributed by atoms with van der Waals surface area (Å²) in [6, 6.07) is 18.9. The van der Waals surface area contributed by atoms with Gasteiger partial charge in [0.2, 0.25) is 6.79 Å². The van der Waals surface area contributed by atoms with Crippen molar-refractivity contribution in [3.05, 3.63) is 59.7 Å². The second kappa shape index (κ2) is 6.25. The molecule has 0 radical (unpaired) electrons. The Hall–Kier alpha value is -2.04. The highest BCUT2D eigenvalue weighted by molar-refractivity contribution is 5.46. The highest BCUT2D eigenvalue weighted by atomic mass is 16.7. The van der Waals surface area contributed by atoms with E-state index in [0.29, 0.717) is 24.8 Å². The van der Waals surface area contributed by atoms with Gasteiger partial charge in [-0.15, -0.1) is 0 Å². The Morgan fingerprint density at radius 1 is 0.889 bits per heavy atom. The number of fused-ring (bicyclic) bond motifs is 3. The molecule has 27 heavy (non-hydrogen) atoms. The van der Waals surface area contributed by atoms with Gasteiger partial charge in [0.1, 0.15) is 0 Å². The first-order valence-electron chi connectivity index (χ1n) is 10.3. The molecule has 5 aliphatic heterocycles. The number of benzene rings is 2. The molecule has 0 aromatic heterocycles. The molecular weight excluding hydrogens is 336 g/mol. The Balaban J connectivity index is 1.35. The lowest BCUT2D eigenvalue weighted by Gasteiger charge is -2.51. The molecule has 5 heterocycles. The van der Waals surface area contributed by atoms with Gasteiger partial charge in [0, 0.05) is 31.1 Å². The summed E-state index contributed by atoms with van der Waals surface area (Å²) in [7, 11) is 0. The van der Waals surface area contributed by atoms with Crippen molar-refractivity contribution in [3.63, 3.8) is 0 Å². The average Bonchev–Trinajstić information content (AvgIpc) is 3.35. The van der Waals surface area contributed by atoms with Crippen LogP contribution < -0.4 is 9.47 Å². The molecule has 140 valence electrons. The minimum Gasteiger partial charge on any atom is -0.454 e. The fourth-order valence-corrected chi connectivity index (χ4v) is 5.98. The van der Waals surface area contributed by atoms with Gasteiger partial charge in [0.15, 0.2) is 11.5 Å². The second-order valence-corrected chi connectivity index (χ2v) is 8.49. The fourth-order valence-electron chi connectivity index (χ4n) is 5.98. The number of likely N-dealkylation sites (tertiary alicyclic amines) is 1. The second-order valence-electron chi connectivity index (χ2n) is 8.49. The lowest BCUT2D eigenvalue weighted by molar-refractivity contribution is -0.00869. The third-order valence-corrected chi connectivity index (χ3v) is 7.15. The Morgan fingerprint density at radius 2 is 1.70 bits per heavy atom. The van der Waals surface area contributed by atoms with Crippen molar-refractivity contribution in [2.24, 2.45) is 5.92 Å². The van der Waals surface area contributed by atoms with Crippen LogP contribution in [0.3, 0.4) is 0 Å². The van der Waals surface area contributed by atoms with Crippen LogP contribution in [0.15, 0.2) is 48.5 Å². The van der Waals surface area contributed by atoms with E-state index in [9.17, 15) is 0 Å². The minimum atomic E-state index is 0.351. The monoisotopic (exact) mass is 362 g/mol. The highest BCUT2D eigenvalue weighted by Crippen LogP contribution is 2.48. The van der Waals surface area contributed by atoms with Crippen LogP contribution in [0.5, 0.6) is 11.5 Å². The van der Waals surface area contributed by atoms with Crippen LogP contribution in [0.1, 0.15) is 29.9 Å². The summed E-state index contributed by atoms with van der Waals surface area (Å²) in [5, 5.41) is 0. The standard InChI is InChI=1S/C23H26N2O2/c1-2-4-16(5-3-1)13-25-14-19(18-6-7-20-21(12-18)27-15-26-20)23-22(25)17-8-10-24(23)11-9-17/h1-7,12,17,19,22-23H,8-11,13-15H2/t19-,22+,23+/m1/s1. The molecule has 4 heteroatoms. The van der Waals surface area contributed by atoms with Crippen LogP contribution in [0, 0.1) is 5.92 Å². The Labute approximate surface area is 160 Å². The van der Waals surface area contributed by atoms with Crippen molar-refractivity contribution < 1.29 is 9.47 Å². The summed E-state index contributed by atoms with van der Waals surface area (Å²) in [6.07, 6.45) is 2.72. The van der Waals surface area contributed by atoms with Crippen molar-refractivity contribution in [1.29, 1.82) is 0 Å². The van der Waals surface area contributed by atoms with E-state index in [-0.39, 0.29) is 0 Å². The number of hydrogen-bond donors (Lipinski definition) is 0. The van der Waals surface area contributed by atoms with Crippen LogP contribution in [0.4, 0.5) is 0 Å². The van der Waals surface area contributed by atoms with E-state index in [1.807, 2.05) is 0 Å². The number of hydrogen-bond acceptors (Lipinski definition) is 4. The van der Waals surface area contributed by atoms with Crippen molar-refractivity contribution in [2.75, 3.05) is 26.4 Å². The molecule has 4 fully saturated rings. The molecule has 0 aliphatic carbocycles. The summed E-state index contributed by atoms with van der Waals surface area (Å²) in [5.41, 5.74) is 2.84. The minimum absolute atomic E-state index is 0.351. The molecule has 2 aromatic rings. The van der Waals surface area contributed by atoms with Crippen LogP contribution in [0.2, 0.25) is 0 Å². The SMILES string of the molecule is c1ccc(CN2C[C@H](c3ccc4c(c3)OCO4)[C@H]3[C@@H]2C2CCN3CC2)cc1. The van der Waals surface area contributed by atoms with Crippen LogP contribution >= 0.6 is 0 Å². The van der Waals surface area contributed by atoms with Gasteiger partial charge in [-0.3, -0.25) is 9.80 Å². The first kappa shape index (κ1) is 16.0. The lowest BCUT2D eigenvalue weighted by Crippen LogP contribution is -2.59. The number of nitrogens with zero attached hydrogens (tertiary/aromatic N) is 2. The summed E-state index contributed by atoms with van der Waals surface area (Å²) >= 11 is 0. The number of ether oxygens (including phenoxy) is 2. The maximum Gasteiger partial charge on any atom is 0.231 e. The molecule has 2 bridgehead atoms. The van der Waals surface area contributed by atoms with Crippen molar-refractivity contribution in [1.82, 2.24) is 9.80 Å². The molecule has 4 saturated heterocycles. The fraction of sp³-hybridized carbons (Fsp3) is 0.478. The summed E-state index contributed by atoms with van der Waals surface area (Å²) < 4.78 is 11.2. The molecule has 5 aliphatic rings. The number of piperidine rings is 3. The maximum atomic E-state index is 5.67. The van der Waals surface area contributed by atoms with E-state index in [4.69, 9.17) is 9.47 Å². The van der Waals surface area contributed by atoms with E-state index < -0.39 is 0 Å². The van der Waals surface area contributed by atoms with E-state index in [1.165, 1.54) is 37.1 Å². The molecule has 2 aromatic carbocycles. The van der Waals surface area contributed by atoms with Gasteiger partial charge in [-0.1, -0.05) is 36.4 Å². The zero-order chi connectivity index (χ0) is 17.8. The van der Waals surface area contributed by atoms with E-state index in [0.717, 1.165) is 30.5 Å². The van der Waals surface area contributed by atoms with Crippen molar-refractivity contribution in [2.45, 2.75) is 37.4 Å². The van der Waals surface area contributed by atoms with Gasteiger partial charge in [-0.2, -0.15) is 0 Å². The summed E-state index contributed by atoms with van der Waals surface area (Å²) in [6.45, 7) is 5.09. The summed E-state index contributed by atoms with van der Waals surface area (Å²) in [4.78, 5) is 5.54. The lowest BCUT2D eigenvalue weighted by atomic mass is 9.75. The first-order valence-corrected chi connectivity index (χ1v) is 10.3. The molecule has 0 saturated carbocycles. The number of rotatable bonds is 3. The molecule has 0 amide bonds. The molecule has 0 spiro atoms. The van der Waals surface area contributed by atoms with Crippen LogP contribution in [-0.2, 0) is 6.54 Å². The molecular formula is C23H26N2O2. The zero-order valence-corrected chi connectivity index (χ0v) is 15.6. The Kier molecular flexibility index (Phi) is 3.69. The highest BCUT2D eigenvalue weighted by Gasteiger charge is 2.53. The quantitative estimate of drug-likeness (QED) is 0.835. The largest absolute Gasteiger partial charge is 0.454 e. The first-order chi connectivity index (χ1) is 13.4.